The molecular formula is C23H20FN5O3. The number of anilines is 1. The summed E-state index contributed by atoms with van der Waals surface area (Å²) >= 11 is 0. The molecule has 9 heteroatoms. The fourth-order valence-corrected chi connectivity index (χ4v) is 3.23. The zero-order valence-corrected chi connectivity index (χ0v) is 17.2. The molecule has 0 bridgehead atoms. The summed E-state index contributed by atoms with van der Waals surface area (Å²) < 4.78 is 16.0. The van der Waals surface area contributed by atoms with Crippen LogP contribution in [0.25, 0.3) is 11.0 Å². The van der Waals surface area contributed by atoms with E-state index in [1.807, 2.05) is 11.6 Å². The van der Waals surface area contributed by atoms with Crippen LogP contribution in [0.3, 0.4) is 0 Å². The van der Waals surface area contributed by atoms with E-state index in [0.29, 0.717) is 5.69 Å². The molecule has 0 spiro atoms. The van der Waals surface area contributed by atoms with Gasteiger partial charge in [-0.15, -0.1) is 0 Å². The lowest BCUT2D eigenvalue weighted by molar-refractivity contribution is -0.116. The molecule has 0 saturated carbocycles. The average Bonchev–Trinajstić information content (AvgIpc) is 3.15. The number of carbonyl (C=O) groups is 2. The van der Waals surface area contributed by atoms with E-state index in [1.165, 1.54) is 35.0 Å². The highest BCUT2D eigenvalue weighted by atomic mass is 19.1. The van der Waals surface area contributed by atoms with Crippen LogP contribution in [0.4, 0.5) is 10.1 Å². The first kappa shape index (κ1) is 21.0. The summed E-state index contributed by atoms with van der Waals surface area (Å²) in [4.78, 5) is 41.3. The number of aryl methyl sites for hydroxylation is 1. The van der Waals surface area contributed by atoms with Gasteiger partial charge in [0, 0.05) is 31.5 Å². The maximum Gasteiger partial charge on any atom is 0.253 e. The van der Waals surface area contributed by atoms with Crippen molar-refractivity contribution < 1.29 is 14.0 Å². The van der Waals surface area contributed by atoms with Gasteiger partial charge in [-0.3, -0.25) is 14.4 Å². The number of aromatic nitrogens is 3. The molecule has 0 radical (unpaired) electrons. The van der Waals surface area contributed by atoms with Gasteiger partial charge in [0.05, 0.1) is 22.9 Å². The Hall–Kier alpha value is -4.27. The highest BCUT2D eigenvalue weighted by Crippen LogP contribution is 2.17. The van der Waals surface area contributed by atoms with Crippen LogP contribution in [0.1, 0.15) is 15.9 Å². The van der Waals surface area contributed by atoms with Crippen molar-refractivity contribution in [1.29, 1.82) is 0 Å². The summed E-state index contributed by atoms with van der Waals surface area (Å²) in [5.41, 5.74) is 2.80. The quantitative estimate of drug-likeness (QED) is 0.488. The monoisotopic (exact) mass is 433 g/mol. The number of nitrogens with one attached hydrogen (secondary N) is 2. The summed E-state index contributed by atoms with van der Waals surface area (Å²) in [6, 6.07) is 13.7. The Balaban J connectivity index is 1.42. The van der Waals surface area contributed by atoms with E-state index in [-0.39, 0.29) is 24.5 Å². The van der Waals surface area contributed by atoms with E-state index in [2.05, 4.69) is 15.6 Å². The molecule has 8 nitrogen and oxygen atoms in total. The molecule has 2 N–H and O–H groups in total. The lowest BCUT2D eigenvalue weighted by Crippen LogP contribution is -2.29. The van der Waals surface area contributed by atoms with Gasteiger partial charge in [0.25, 0.3) is 11.5 Å². The van der Waals surface area contributed by atoms with Crippen molar-refractivity contribution >= 4 is 28.5 Å². The molecule has 162 valence electrons. The molecule has 0 fully saturated rings. The SMILES string of the molecule is Cn1cnc2ccc(NC(=O)Cn3cc(C(=O)NCc4ccc(F)cc4)ccc3=O)cc21. The van der Waals surface area contributed by atoms with Crippen molar-refractivity contribution in [2.75, 3.05) is 5.32 Å². The molecule has 32 heavy (non-hydrogen) atoms. The molecule has 4 aromatic rings. The third-order valence-electron chi connectivity index (χ3n) is 4.94. The minimum atomic E-state index is -0.412. The third-order valence-corrected chi connectivity index (χ3v) is 4.94. The summed E-state index contributed by atoms with van der Waals surface area (Å²) in [6.07, 6.45) is 3.02. The van der Waals surface area contributed by atoms with Gasteiger partial charge < -0.3 is 19.8 Å². The molecule has 0 atom stereocenters. The Morgan fingerprint density at radius 2 is 1.84 bits per heavy atom. The van der Waals surface area contributed by atoms with Crippen molar-refractivity contribution in [3.63, 3.8) is 0 Å². The lowest BCUT2D eigenvalue weighted by Gasteiger charge is -2.10. The first-order chi connectivity index (χ1) is 15.4. The standard InChI is InChI=1S/C23H20FN5O3/c1-28-14-26-19-8-7-18(10-20(19)28)27-21(30)13-29-12-16(4-9-22(29)31)23(32)25-11-15-2-5-17(24)6-3-15/h2-10,12,14H,11,13H2,1H3,(H,25,32)(H,27,30). The van der Waals surface area contributed by atoms with Crippen LogP contribution in [0, 0.1) is 5.82 Å². The normalized spacial score (nSPS) is 10.8. The van der Waals surface area contributed by atoms with Crippen LogP contribution in [0.5, 0.6) is 0 Å². The summed E-state index contributed by atoms with van der Waals surface area (Å²) in [6.45, 7) is -0.0451. The number of amides is 2. The molecule has 2 amide bonds. The van der Waals surface area contributed by atoms with Crippen LogP contribution in [0.15, 0.2) is 71.9 Å². The minimum absolute atomic E-state index is 0.204. The topological polar surface area (TPSA) is 98.0 Å². The maximum absolute atomic E-state index is 13.0. The van der Waals surface area contributed by atoms with E-state index in [9.17, 15) is 18.8 Å². The zero-order valence-electron chi connectivity index (χ0n) is 17.2. The smallest absolute Gasteiger partial charge is 0.253 e. The van der Waals surface area contributed by atoms with Crippen molar-refractivity contribution in [3.05, 3.63) is 94.4 Å². The number of pyridine rings is 1. The van der Waals surface area contributed by atoms with E-state index < -0.39 is 17.4 Å². The number of fused-ring (bicyclic) bond motifs is 1. The average molecular weight is 433 g/mol. The highest BCUT2D eigenvalue weighted by Gasteiger charge is 2.11. The maximum atomic E-state index is 13.0. The van der Waals surface area contributed by atoms with Gasteiger partial charge in [0.15, 0.2) is 0 Å². The fraction of sp³-hybridized carbons (Fsp3) is 0.130. The number of rotatable bonds is 6. The first-order valence-electron chi connectivity index (χ1n) is 9.83. The molecular weight excluding hydrogens is 413 g/mol. The van der Waals surface area contributed by atoms with E-state index in [1.54, 1.807) is 36.7 Å². The third kappa shape index (κ3) is 4.72. The molecule has 2 aromatic carbocycles. The van der Waals surface area contributed by atoms with Crippen LogP contribution in [-0.4, -0.2) is 25.9 Å². The minimum Gasteiger partial charge on any atom is -0.348 e. The number of halogens is 1. The van der Waals surface area contributed by atoms with Crippen molar-refractivity contribution in [2.45, 2.75) is 13.1 Å². The highest BCUT2D eigenvalue weighted by molar-refractivity contribution is 5.94. The predicted octanol–water partition coefficient (Wildman–Crippen LogP) is 2.44. The molecule has 4 rings (SSSR count). The van der Waals surface area contributed by atoms with Crippen molar-refractivity contribution in [1.82, 2.24) is 19.4 Å². The number of hydrogen-bond donors (Lipinski definition) is 2. The molecule has 0 saturated heterocycles. The fourth-order valence-electron chi connectivity index (χ4n) is 3.23. The van der Waals surface area contributed by atoms with Crippen LogP contribution >= 0.6 is 0 Å². The van der Waals surface area contributed by atoms with Crippen molar-refractivity contribution in [3.8, 4) is 0 Å². The van der Waals surface area contributed by atoms with Gasteiger partial charge in [-0.2, -0.15) is 0 Å². The van der Waals surface area contributed by atoms with Crippen LogP contribution < -0.4 is 16.2 Å². The number of hydrogen-bond acceptors (Lipinski definition) is 4. The number of benzene rings is 2. The Kier molecular flexibility index (Phi) is 5.80. The van der Waals surface area contributed by atoms with Gasteiger partial charge in [0.2, 0.25) is 5.91 Å². The molecule has 0 aliphatic heterocycles. The molecule has 0 aliphatic carbocycles. The van der Waals surface area contributed by atoms with Gasteiger partial charge in [0.1, 0.15) is 12.4 Å². The number of nitrogens with zero attached hydrogens (tertiary/aromatic N) is 3. The molecule has 0 aliphatic rings. The summed E-state index contributed by atoms with van der Waals surface area (Å²) in [5, 5.41) is 5.46. The summed E-state index contributed by atoms with van der Waals surface area (Å²) in [7, 11) is 1.85. The molecule has 2 heterocycles. The van der Waals surface area contributed by atoms with Gasteiger partial charge in [-0.05, 0) is 42.0 Å². The summed E-state index contributed by atoms with van der Waals surface area (Å²) in [5.74, 6) is -1.17. The first-order valence-corrected chi connectivity index (χ1v) is 9.83. The Morgan fingerprint density at radius 3 is 2.62 bits per heavy atom. The lowest BCUT2D eigenvalue weighted by atomic mass is 10.2. The zero-order chi connectivity index (χ0) is 22.7. The second-order valence-electron chi connectivity index (χ2n) is 7.30. The van der Waals surface area contributed by atoms with E-state index >= 15 is 0 Å². The van der Waals surface area contributed by atoms with Crippen LogP contribution in [-0.2, 0) is 24.9 Å². The number of carbonyl (C=O) groups excluding carboxylic acids is 2. The number of imidazole rings is 1. The second-order valence-corrected chi connectivity index (χ2v) is 7.30. The molecule has 2 aromatic heterocycles. The Bertz CT molecular complexity index is 1360. The van der Waals surface area contributed by atoms with Crippen LogP contribution in [0.2, 0.25) is 0 Å². The van der Waals surface area contributed by atoms with E-state index in [0.717, 1.165) is 16.6 Å². The molecule has 0 unspecified atom stereocenters. The Morgan fingerprint density at radius 1 is 1.06 bits per heavy atom. The van der Waals surface area contributed by atoms with Gasteiger partial charge in [-0.25, -0.2) is 9.37 Å². The van der Waals surface area contributed by atoms with E-state index in [4.69, 9.17) is 0 Å². The Labute approximate surface area is 182 Å². The largest absolute Gasteiger partial charge is 0.348 e. The van der Waals surface area contributed by atoms with Gasteiger partial charge >= 0.3 is 0 Å². The predicted molar refractivity (Wildman–Crippen MR) is 118 cm³/mol. The van der Waals surface area contributed by atoms with Gasteiger partial charge in [-0.1, -0.05) is 12.1 Å². The van der Waals surface area contributed by atoms with Crippen molar-refractivity contribution in [2.24, 2.45) is 7.05 Å². The second kappa shape index (κ2) is 8.84.